The molecule has 0 fully saturated rings. The monoisotopic (exact) mass is 147 g/mol. The standard InChI is InChI=1S/C4H5NOS2/c1-6-5-2-3-8-4(5)7/h2-3H,1H3. The van der Waals surface area contributed by atoms with Gasteiger partial charge in [0.1, 0.15) is 7.11 Å². The summed E-state index contributed by atoms with van der Waals surface area (Å²) in [5, 5.41) is 1.88. The second kappa shape index (κ2) is 2.28. The summed E-state index contributed by atoms with van der Waals surface area (Å²) in [6.07, 6.45) is 1.78. The Morgan fingerprint density at radius 3 is 2.88 bits per heavy atom. The molecule has 0 amide bonds. The van der Waals surface area contributed by atoms with Gasteiger partial charge in [0.15, 0.2) is 3.95 Å². The van der Waals surface area contributed by atoms with Crippen molar-refractivity contribution in [3.05, 3.63) is 15.5 Å². The lowest BCUT2D eigenvalue weighted by molar-refractivity contribution is 0.166. The van der Waals surface area contributed by atoms with Crippen LogP contribution in [0.2, 0.25) is 0 Å². The summed E-state index contributed by atoms with van der Waals surface area (Å²) < 4.78 is 2.28. The van der Waals surface area contributed by atoms with Crippen LogP contribution in [0.25, 0.3) is 0 Å². The highest BCUT2D eigenvalue weighted by molar-refractivity contribution is 7.73. The van der Waals surface area contributed by atoms with Crippen LogP contribution in [0.1, 0.15) is 0 Å². The van der Waals surface area contributed by atoms with Gasteiger partial charge in [0.2, 0.25) is 0 Å². The maximum absolute atomic E-state index is 4.84. The van der Waals surface area contributed by atoms with Gasteiger partial charge in [-0.1, -0.05) is 0 Å². The lowest BCUT2D eigenvalue weighted by atomic mass is 11.0. The predicted molar refractivity (Wildman–Crippen MR) is 35.6 cm³/mol. The molecule has 0 saturated heterocycles. The average molecular weight is 147 g/mol. The SMILES string of the molecule is COn1ccsc1=S. The van der Waals surface area contributed by atoms with Crippen molar-refractivity contribution in [3.63, 3.8) is 0 Å². The minimum atomic E-state index is 0.743. The largest absolute Gasteiger partial charge is 0.415 e. The molecule has 0 aliphatic rings. The molecule has 2 nitrogen and oxygen atoms in total. The van der Waals surface area contributed by atoms with Gasteiger partial charge in [-0.3, -0.25) is 0 Å². The zero-order valence-electron chi connectivity index (χ0n) is 4.33. The van der Waals surface area contributed by atoms with Crippen LogP contribution in [0.3, 0.4) is 0 Å². The fraction of sp³-hybridized carbons (Fsp3) is 0.250. The molecule has 0 saturated carbocycles. The van der Waals surface area contributed by atoms with Crippen molar-refractivity contribution >= 4 is 23.6 Å². The van der Waals surface area contributed by atoms with Crippen molar-refractivity contribution in [2.24, 2.45) is 0 Å². The van der Waals surface area contributed by atoms with E-state index in [2.05, 4.69) is 0 Å². The predicted octanol–water partition coefficient (Wildman–Crippen LogP) is 1.34. The van der Waals surface area contributed by atoms with Crippen LogP contribution in [0.15, 0.2) is 11.6 Å². The Balaban J connectivity index is 3.11. The van der Waals surface area contributed by atoms with Crippen LogP contribution in [0.5, 0.6) is 0 Å². The molecule has 8 heavy (non-hydrogen) atoms. The minimum absolute atomic E-state index is 0.743. The number of hydrogen-bond acceptors (Lipinski definition) is 3. The van der Waals surface area contributed by atoms with Gasteiger partial charge in [-0.2, -0.15) is 4.73 Å². The number of hydrogen-bond donors (Lipinski definition) is 0. The third-order valence-corrected chi connectivity index (χ3v) is 1.85. The summed E-state index contributed by atoms with van der Waals surface area (Å²) in [7, 11) is 1.59. The van der Waals surface area contributed by atoms with E-state index in [0.29, 0.717) is 0 Å². The Morgan fingerprint density at radius 1 is 1.88 bits per heavy atom. The van der Waals surface area contributed by atoms with Crippen LogP contribution in [0.4, 0.5) is 0 Å². The molecule has 1 heterocycles. The first-order valence-corrected chi connectivity index (χ1v) is 3.34. The quantitative estimate of drug-likeness (QED) is 0.556. The van der Waals surface area contributed by atoms with Gasteiger partial charge in [-0.25, -0.2) is 0 Å². The molecule has 0 N–H and O–H groups in total. The molecule has 1 aromatic rings. The van der Waals surface area contributed by atoms with E-state index >= 15 is 0 Å². The molecule has 0 aromatic carbocycles. The smallest absolute Gasteiger partial charge is 0.196 e. The summed E-state index contributed by atoms with van der Waals surface area (Å²) in [4.78, 5) is 4.81. The van der Waals surface area contributed by atoms with Crippen LogP contribution < -0.4 is 4.84 Å². The maximum atomic E-state index is 4.84. The molecular formula is C4H5NOS2. The summed E-state index contributed by atoms with van der Waals surface area (Å²) in [5.74, 6) is 0. The Bertz CT molecular complexity index is 214. The molecule has 0 spiro atoms. The zero-order valence-corrected chi connectivity index (χ0v) is 5.96. The van der Waals surface area contributed by atoms with E-state index in [1.165, 1.54) is 11.3 Å². The first-order chi connectivity index (χ1) is 3.84. The van der Waals surface area contributed by atoms with Gasteiger partial charge in [0.05, 0.1) is 6.20 Å². The summed E-state index contributed by atoms with van der Waals surface area (Å²) in [6.45, 7) is 0. The van der Waals surface area contributed by atoms with E-state index in [1.807, 2.05) is 5.38 Å². The van der Waals surface area contributed by atoms with E-state index in [0.717, 1.165) is 3.95 Å². The van der Waals surface area contributed by atoms with Crippen molar-refractivity contribution < 1.29 is 4.84 Å². The van der Waals surface area contributed by atoms with Crippen molar-refractivity contribution in [2.45, 2.75) is 0 Å². The highest BCUT2D eigenvalue weighted by Crippen LogP contribution is 1.98. The van der Waals surface area contributed by atoms with E-state index in [9.17, 15) is 0 Å². The minimum Gasteiger partial charge on any atom is -0.415 e. The molecule has 0 aliphatic heterocycles. The van der Waals surface area contributed by atoms with Gasteiger partial charge >= 0.3 is 0 Å². The second-order valence-electron chi connectivity index (χ2n) is 1.18. The fourth-order valence-corrected chi connectivity index (χ4v) is 1.22. The van der Waals surface area contributed by atoms with Gasteiger partial charge in [0.25, 0.3) is 0 Å². The van der Waals surface area contributed by atoms with Gasteiger partial charge in [-0.15, -0.1) is 11.3 Å². The van der Waals surface area contributed by atoms with Crippen molar-refractivity contribution in [3.8, 4) is 0 Å². The van der Waals surface area contributed by atoms with Crippen molar-refractivity contribution in [1.29, 1.82) is 0 Å². The lowest BCUT2D eigenvalue weighted by Gasteiger charge is -1.93. The maximum Gasteiger partial charge on any atom is 0.196 e. The third kappa shape index (κ3) is 0.900. The van der Waals surface area contributed by atoms with Crippen LogP contribution in [0, 0.1) is 3.95 Å². The van der Waals surface area contributed by atoms with Gasteiger partial charge < -0.3 is 4.84 Å². The van der Waals surface area contributed by atoms with Crippen molar-refractivity contribution in [2.75, 3.05) is 7.11 Å². The average Bonchev–Trinajstić information content (AvgIpc) is 2.14. The summed E-state index contributed by atoms with van der Waals surface area (Å²) in [5.41, 5.74) is 0. The zero-order chi connectivity index (χ0) is 5.98. The molecule has 0 atom stereocenters. The number of nitrogens with zero attached hydrogens (tertiary/aromatic N) is 1. The first-order valence-electron chi connectivity index (χ1n) is 2.05. The molecule has 44 valence electrons. The molecular weight excluding hydrogens is 142 g/mol. The summed E-state index contributed by atoms with van der Waals surface area (Å²) >= 11 is 6.32. The van der Waals surface area contributed by atoms with Crippen LogP contribution in [-0.2, 0) is 0 Å². The normalized spacial score (nSPS) is 9.12. The Morgan fingerprint density at radius 2 is 2.62 bits per heavy atom. The van der Waals surface area contributed by atoms with E-state index in [1.54, 1.807) is 18.0 Å². The Labute approximate surface area is 56.3 Å². The number of rotatable bonds is 1. The highest BCUT2D eigenvalue weighted by atomic mass is 32.1. The fourth-order valence-electron chi connectivity index (χ4n) is 0.392. The lowest BCUT2D eigenvalue weighted by Crippen LogP contribution is -2.01. The summed E-state index contributed by atoms with van der Waals surface area (Å²) in [6, 6.07) is 0. The van der Waals surface area contributed by atoms with E-state index in [-0.39, 0.29) is 0 Å². The molecule has 1 rings (SSSR count). The van der Waals surface area contributed by atoms with Gasteiger partial charge in [-0.05, 0) is 12.2 Å². The molecule has 1 aromatic heterocycles. The van der Waals surface area contributed by atoms with Gasteiger partial charge in [0, 0.05) is 5.38 Å². The highest BCUT2D eigenvalue weighted by Gasteiger charge is 1.85. The molecule has 0 bridgehead atoms. The first kappa shape index (κ1) is 5.78. The Kier molecular flexibility index (Phi) is 1.65. The number of thiazole rings is 1. The van der Waals surface area contributed by atoms with Crippen LogP contribution in [-0.4, -0.2) is 11.8 Å². The molecule has 4 heteroatoms. The Hall–Kier alpha value is -0.350. The van der Waals surface area contributed by atoms with Crippen molar-refractivity contribution in [1.82, 2.24) is 4.73 Å². The van der Waals surface area contributed by atoms with Crippen LogP contribution >= 0.6 is 23.6 Å². The van der Waals surface area contributed by atoms with E-state index in [4.69, 9.17) is 17.1 Å². The molecule has 0 unspecified atom stereocenters. The topological polar surface area (TPSA) is 14.2 Å². The molecule has 0 aliphatic carbocycles. The third-order valence-electron chi connectivity index (χ3n) is 0.742. The molecule has 0 radical (unpaired) electrons. The second-order valence-corrected chi connectivity index (χ2v) is 2.72. The number of aromatic nitrogens is 1. The van der Waals surface area contributed by atoms with E-state index < -0.39 is 0 Å².